The molecule has 4 nitrogen and oxygen atoms in total. The number of phenols is 1. The van der Waals surface area contributed by atoms with Gasteiger partial charge in [-0.25, -0.2) is 4.79 Å². The van der Waals surface area contributed by atoms with E-state index in [1.807, 2.05) is 19.9 Å². The Morgan fingerprint density at radius 1 is 1.33 bits per heavy atom. The summed E-state index contributed by atoms with van der Waals surface area (Å²) >= 11 is 0. The Morgan fingerprint density at radius 2 is 2.06 bits per heavy atom. The van der Waals surface area contributed by atoms with Gasteiger partial charge in [0, 0.05) is 11.5 Å². The predicted octanol–water partition coefficient (Wildman–Crippen LogP) is 2.25. The van der Waals surface area contributed by atoms with Crippen LogP contribution in [0.25, 0.3) is 11.0 Å². The fraction of sp³-hybridized carbons (Fsp3) is 0.357. The Morgan fingerprint density at radius 3 is 2.67 bits per heavy atom. The van der Waals surface area contributed by atoms with Crippen molar-refractivity contribution in [2.24, 2.45) is 0 Å². The molecule has 1 aromatic heterocycles. The maximum atomic E-state index is 11.4. The van der Waals surface area contributed by atoms with E-state index in [0.717, 1.165) is 22.9 Å². The number of aryl methyl sites for hydroxylation is 2. The van der Waals surface area contributed by atoms with Gasteiger partial charge in [0.2, 0.25) is 0 Å². The summed E-state index contributed by atoms with van der Waals surface area (Å²) in [7, 11) is 0. The van der Waals surface area contributed by atoms with Crippen LogP contribution in [0.3, 0.4) is 0 Å². The van der Waals surface area contributed by atoms with Crippen LogP contribution in [0.1, 0.15) is 30.0 Å². The van der Waals surface area contributed by atoms with Crippen LogP contribution >= 0.6 is 0 Å². The highest BCUT2D eigenvalue weighted by Crippen LogP contribution is 2.32. The second-order valence-corrected chi connectivity index (χ2v) is 4.40. The van der Waals surface area contributed by atoms with E-state index in [4.69, 9.17) is 4.42 Å². The summed E-state index contributed by atoms with van der Waals surface area (Å²) in [5.41, 5.74) is 1.65. The summed E-state index contributed by atoms with van der Waals surface area (Å²) in [4.78, 5) is 11.4. The molecule has 0 saturated heterocycles. The average Bonchev–Trinajstić information content (AvgIpc) is 2.31. The Labute approximate surface area is 104 Å². The number of aliphatic hydroxyl groups is 1. The predicted molar refractivity (Wildman–Crippen MR) is 68.8 cm³/mol. The fourth-order valence-corrected chi connectivity index (χ4v) is 2.17. The first kappa shape index (κ1) is 12.6. The van der Waals surface area contributed by atoms with Gasteiger partial charge < -0.3 is 14.6 Å². The molecule has 0 unspecified atom stereocenters. The summed E-state index contributed by atoms with van der Waals surface area (Å²) in [6.07, 6.45) is 1.60. The number of hydrogen-bond donors (Lipinski definition) is 2. The van der Waals surface area contributed by atoms with Gasteiger partial charge >= 0.3 is 5.63 Å². The van der Waals surface area contributed by atoms with E-state index in [2.05, 4.69) is 0 Å². The van der Waals surface area contributed by atoms with Gasteiger partial charge in [0.25, 0.3) is 0 Å². The number of benzene rings is 1. The van der Waals surface area contributed by atoms with Gasteiger partial charge in [0.1, 0.15) is 11.3 Å². The standard InChI is InChI=1S/C14H16O4/c1-3-4-9-6-10-8(2)5-12(16)18-14(10)11(7-15)13(9)17/h5-6,15,17H,3-4,7H2,1-2H3. The Balaban J connectivity index is 2.87. The van der Waals surface area contributed by atoms with Gasteiger partial charge in [-0.05, 0) is 30.5 Å². The van der Waals surface area contributed by atoms with E-state index in [1.54, 1.807) is 0 Å². The molecule has 1 heterocycles. The molecule has 0 radical (unpaired) electrons. The summed E-state index contributed by atoms with van der Waals surface area (Å²) < 4.78 is 5.10. The third-order valence-corrected chi connectivity index (χ3v) is 3.07. The largest absolute Gasteiger partial charge is 0.507 e. The van der Waals surface area contributed by atoms with Crippen LogP contribution in [0.4, 0.5) is 0 Å². The molecule has 1 aromatic carbocycles. The maximum Gasteiger partial charge on any atom is 0.336 e. The van der Waals surface area contributed by atoms with Gasteiger partial charge in [-0.2, -0.15) is 0 Å². The van der Waals surface area contributed by atoms with E-state index < -0.39 is 5.63 Å². The zero-order valence-corrected chi connectivity index (χ0v) is 10.5. The lowest BCUT2D eigenvalue weighted by molar-refractivity contribution is 0.274. The molecule has 0 aliphatic carbocycles. The molecule has 18 heavy (non-hydrogen) atoms. The molecular formula is C14H16O4. The number of aromatic hydroxyl groups is 1. The van der Waals surface area contributed by atoms with Crippen LogP contribution in [0.5, 0.6) is 5.75 Å². The highest BCUT2D eigenvalue weighted by molar-refractivity contribution is 5.86. The van der Waals surface area contributed by atoms with E-state index in [-0.39, 0.29) is 23.5 Å². The van der Waals surface area contributed by atoms with Crippen molar-refractivity contribution < 1.29 is 14.6 Å². The SMILES string of the molecule is CCCc1cc2c(C)cc(=O)oc2c(CO)c1O. The topological polar surface area (TPSA) is 70.7 Å². The summed E-state index contributed by atoms with van der Waals surface area (Å²) in [6.45, 7) is 3.47. The monoisotopic (exact) mass is 248 g/mol. The number of rotatable bonds is 3. The van der Waals surface area contributed by atoms with E-state index in [1.165, 1.54) is 6.07 Å². The molecule has 0 fully saturated rings. The molecule has 0 bridgehead atoms. The zero-order chi connectivity index (χ0) is 13.3. The fourth-order valence-electron chi connectivity index (χ4n) is 2.17. The normalized spacial score (nSPS) is 11.1. The molecule has 2 aromatic rings. The van der Waals surface area contributed by atoms with Crippen LogP contribution in [-0.2, 0) is 13.0 Å². The van der Waals surface area contributed by atoms with Gasteiger partial charge in [0.15, 0.2) is 0 Å². The number of aliphatic hydroxyl groups excluding tert-OH is 1. The molecule has 0 aliphatic rings. The van der Waals surface area contributed by atoms with Crippen molar-refractivity contribution in [1.82, 2.24) is 0 Å². The Kier molecular flexibility index (Phi) is 3.39. The van der Waals surface area contributed by atoms with E-state index >= 15 is 0 Å². The molecule has 96 valence electrons. The quantitative estimate of drug-likeness (QED) is 0.817. The molecule has 0 saturated carbocycles. The Bertz CT molecular complexity index is 640. The molecular weight excluding hydrogens is 232 g/mol. The van der Waals surface area contributed by atoms with Gasteiger partial charge in [-0.3, -0.25) is 0 Å². The van der Waals surface area contributed by atoms with Crippen LogP contribution in [0.2, 0.25) is 0 Å². The highest BCUT2D eigenvalue weighted by Gasteiger charge is 2.15. The molecule has 2 N–H and O–H groups in total. The molecule has 2 rings (SSSR count). The molecule has 0 amide bonds. The second kappa shape index (κ2) is 4.82. The zero-order valence-electron chi connectivity index (χ0n) is 10.5. The van der Waals surface area contributed by atoms with E-state index in [9.17, 15) is 15.0 Å². The lowest BCUT2D eigenvalue weighted by Gasteiger charge is -2.11. The van der Waals surface area contributed by atoms with Gasteiger partial charge in [-0.15, -0.1) is 0 Å². The Hall–Kier alpha value is -1.81. The van der Waals surface area contributed by atoms with Gasteiger partial charge in [-0.1, -0.05) is 13.3 Å². The minimum atomic E-state index is -0.475. The smallest absolute Gasteiger partial charge is 0.336 e. The minimum Gasteiger partial charge on any atom is -0.507 e. The van der Waals surface area contributed by atoms with Crippen LogP contribution in [-0.4, -0.2) is 10.2 Å². The molecule has 0 spiro atoms. The molecule has 0 aliphatic heterocycles. The first-order chi connectivity index (χ1) is 8.58. The van der Waals surface area contributed by atoms with Crippen molar-refractivity contribution in [3.63, 3.8) is 0 Å². The lowest BCUT2D eigenvalue weighted by atomic mass is 9.99. The maximum absolute atomic E-state index is 11.4. The molecule has 0 atom stereocenters. The van der Waals surface area contributed by atoms with E-state index in [0.29, 0.717) is 6.42 Å². The summed E-state index contributed by atoms with van der Waals surface area (Å²) in [6, 6.07) is 3.24. The lowest BCUT2D eigenvalue weighted by Crippen LogP contribution is -2.02. The van der Waals surface area contributed by atoms with Crippen molar-refractivity contribution >= 4 is 11.0 Å². The minimum absolute atomic E-state index is 0.0283. The number of hydrogen-bond acceptors (Lipinski definition) is 4. The first-order valence-corrected chi connectivity index (χ1v) is 5.97. The summed E-state index contributed by atoms with van der Waals surface area (Å²) in [5.74, 6) is 0.0283. The van der Waals surface area contributed by atoms with Gasteiger partial charge in [0.05, 0.1) is 12.2 Å². The van der Waals surface area contributed by atoms with Crippen LogP contribution < -0.4 is 5.63 Å². The average molecular weight is 248 g/mol. The summed E-state index contributed by atoms with van der Waals surface area (Å²) in [5, 5.41) is 20.2. The first-order valence-electron chi connectivity index (χ1n) is 5.97. The second-order valence-electron chi connectivity index (χ2n) is 4.40. The molecule has 4 heteroatoms. The third-order valence-electron chi connectivity index (χ3n) is 3.07. The van der Waals surface area contributed by atoms with Crippen LogP contribution in [0, 0.1) is 6.92 Å². The van der Waals surface area contributed by atoms with Crippen molar-refractivity contribution in [2.45, 2.75) is 33.3 Å². The highest BCUT2D eigenvalue weighted by atomic mass is 16.4. The number of fused-ring (bicyclic) bond motifs is 1. The van der Waals surface area contributed by atoms with Crippen molar-refractivity contribution in [3.8, 4) is 5.75 Å². The van der Waals surface area contributed by atoms with Crippen molar-refractivity contribution in [2.75, 3.05) is 0 Å². The van der Waals surface area contributed by atoms with Crippen LogP contribution in [0.15, 0.2) is 21.3 Å². The van der Waals surface area contributed by atoms with Crippen molar-refractivity contribution in [1.29, 1.82) is 0 Å². The van der Waals surface area contributed by atoms with Crippen molar-refractivity contribution in [3.05, 3.63) is 39.2 Å². The third kappa shape index (κ3) is 1.99.